The van der Waals surface area contributed by atoms with Crippen LogP contribution in [0.25, 0.3) is 11.6 Å². The van der Waals surface area contributed by atoms with E-state index in [0.717, 1.165) is 22.6 Å². The molecule has 27 heavy (non-hydrogen) atoms. The van der Waals surface area contributed by atoms with Gasteiger partial charge in [0.2, 0.25) is 0 Å². The van der Waals surface area contributed by atoms with Crippen molar-refractivity contribution in [2.24, 2.45) is 0 Å². The van der Waals surface area contributed by atoms with Gasteiger partial charge in [0.05, 0.1) is 24.4 Å². The van der Waals surface area contributed by atoms with E-state index in [4.69, 9.17) is 16.3 Å². The molecule has 0 amide bonds. The van der Waals surface area contributed by atoms with E-state index in [1.165, 1.54) is 13.2 Å². The SMILES string of the molecule is COC(=O)CCC1CNc2cc(C=C(C)c3c(F)cccc3Cl)ccc2O1. The zero-order valence-corrected chi connectivity index (χ0v) is 16.0. The summed E-state index contributed by atoms with van der Waals surface area (Å²) >= 11 is 6.14. The Labute approximate surface area is 162 Å². The van der Waals surface area contributed by atoms with E-state index in [2.05, 4.69) is 10.1 Å². The Bertz CT molecular complexity index is 861. The summed E-state index contributed by atoms with van der Waals surface area (Å²) < 4.78 is 24.7. The second-order valence-electron chi connectivity index (χ2n) is 6.42. The Balaban J connectivity index is 1.75. The van der Waals surface area contributed by atoms with Gasteiger partial charge in [-0.15, -0.1) is 0 Å². The van der Waals surface area contributed by atoms with Crippen LogP contribution in [-0.4, -0.2) is 25.7 Å². The number of nitrogens with one attached hydrogen (secondary N) is 1. The average molecular weight is 390 g/mol. The van der Waals surface area contributed by atoms with Crippen LogP contribution in [0.2, 0.25) is 5.02 Å². The number of ether oxygens (including phenoxy) is 2. The van der Waals surface area contributed by atoms with Crippen LogP contribution in [0.4, 0.5) is 10.1 Å². The number of esters is 1. The van der Waals surface area contributed by atoms with E-state index in [1.807, 2.05) is 31.2 Å². The van der Waals surface area contributed by atoms with Gasteiger partial charge in [-0.05, 0) is 48.7 Å². The summed E-state index contributed by atoms with van der Waals surface area (Å²) in [6.07, 6.45) is 2.71. The van der Waals surface area contributed by atoms with Crippen LogP contribution in [0.15, 0.2) is 36.4 Å². The fourth-order valence-electron chi connectivity index (χ4n) is 3.06. The summed E-state index contributed by atoms with van der Waals surface area (Å²) in [5.74, 6) is 0.145. The number of carbonyl (C=O) groups is 1. The van der Waals surface area contributed by atoms with Gasteiger partial charge in [0, 0.05) is 12.0 Å². The summed E-state index contributed by atoms with van der Waals surface area (Å²) in [6, 6.07) is 10.4. The average Bonchev–Trinajstić information content (AvgIpc) is 2.65. The highest BCUT2D eigenvalue weighted by atomic mass is 35.5. The smallest absolute Gasteiger partial charge is 0.305 e. The molecule has 2 aromatic rings. The lowest BCUT2D eigenvalue weighted by Gasteiger charge is -2.27. The molecule has 0 saturated heterocycles. The van der Waals surface area contributed by atoms with Crippen LogP contribution in [0.5, 0.6) is 5.75 Å². The molecule has 1 atom stereocenters. The molecule has 4 nitrogen and oxygen atoms in total. The number of carbonyl (C=O) groups excluding carboxylic acids is 1. The van der Waals surface area contributed by atoms with E-state index in [-0.39, 0.29) is 17.9 Å². The molecule has 0 spiro atoms. The molecular weight excluding hydrogens is 369 g/mol. The van der Waals surface area contributed by atoms with E-state index >= 15 is 0 Å². The van der Waals surface area contributed by atoms with Crippen LogP contribution in [0, 0.1) is 5.82 Å². The molecule has 1 heterocycles. The third kappa shape index (κ3) is 4.61. The molecule has 1 aliphatic rings. The third-order valence-corrected chi connectivity index (χ3v) is 4.77. The molecule has 0 aromatic heterocycles. The fraction of sp³-hybridized carbons (Fsp3) is 0.286. The van der Waals surface area contributed by atoms with Gasteiger partial charge in [-0.25, -0.2) is 4.39 Å². The van der Waals surface area contributed by atoms with Crippen molar-refractivity contribution >= 4 is 34.9 Å². The minimum atomic E-state index is -0.343. The van der Waals surface area contributed by atoms with Crippen LogP contribution < -0.4 is 10.1 Å². The van der Waals surface area contributed by atoms with E-state index in [0.29, 0.717) is 30.0 Å². The van der Waals surface area contributed by atoms with Gasteiger partial charge >= 0.3 is 5.97 Å². The van der Waals surface area contributed by atoms with Crippen molar-refractivity contribution in [1.82, 2.24) is 0 Å². The maximum atomic E-state index is 14.1. The van der Waals surface area contributed by atoms with Crippen molar-refractivity contribution in [3.8, 4) is 5.75 Å². The summed E-state index contributed by atoms with van der Waals surface area (Å²) in [5.41, 5.74) is 2.93. The monoisotopic (exact) mass is 389 g/mol. The highest BCUT2D eigenvalue weighted by molar-refractivity contribution is 6.32. The van der Waals surface area contributed by atoms with Crippen LogP contribution in [-0.2, 0) is 9.53 Å². The van der Waals surface area contributed by atoms with Crippen LogP contribution in [0.3, 0.4) is 0 Å². The summed E-state index contributed by atoms with van der Waals surface area (Å²) in [6.45, 7) is 2.44. The molecule has 0 bridgehead atoms. The number of halogens is 2. The Kier molecular flexibility index (Phi) is 6.01. The Morgan fingerprint density at radius 2 is 2.22 bits per heavy atom. The molecule has 0 fully saturated rings. The molecule has 142 valence electrons. The highest BCUT2D eigenvalue weighted by Gasteiger charge is 2.20. The first-order chi connectivity index (χ1) is 13.0. The first-order valence-electron chi connectivity index (χ1n) is 8.72. The van der Waals surface area contributed by atoms with Crippen molar-refractivity contribution in [1.29, 1.82) is 0 Å². The lowest BCUT2D eigenvalue weighted by molar-refractivity contribution is -0.141. The van der Waals surface area contributed by atoms with Crippen molar-refractivity contribution in [2.45, 2.75) is 25.9 Å². The van der Waals surface area contributed by atoms with Crippen molar-refractivity contribution in [3.05, 3.63) is 58.4 Å². The zero-order valence-electron chi connectivity index (χ0n) is 15.2. The fourth-order valence-corrected chi connectivity index (χ4v) is 3.37. The first-order valence-corrected chi connectivity index (χ1v) is 9.10. The predicted molar refractivity (Wildman–Crippen MR) is 106 cm³/mol. The number of fused-ring (bicyclic) bond motifs is 1. The van der Waals surface area contributed by atoms with Crippen LogP contribution in [0.1, 0.15) is 30.9 Å². The van der Waals surface area contributed by atoms with Gasteiger partial charge in [0.15, 0.2) is 0 Å². The van der Waals surface area contributed by atoms with Crippen molar-refractivity contribution < 1.29 is 18.7 Å². The Morgan fingerprint density at radius 3 is 2.96 bits per heavy atom. The number of methoxy groups -OCH3 is 1. The third-order valence-electron chi connectivity index (χ3n) is 4.46. The van der Waals surface area contributed by atoms with Gasteiger partial charge in [-0.1, -0.05) is 29.8 Å². The minimum absolute atomic E-state index is 0.0862. The normalized spacial score (nSPS) is 16.1. The molecule has 0 radical (unpaired) electrons. The lowest BCUT2D eigenvalue weighted by atomic mass is 10.0. The Morgan fingerprint density at radius 1 is 1.41 bits per heavy atom. The summed E-state index contributed by atoms with van der Waals surface area (Å²) in [5, 5.41) is 3.71. The quantitative estimate of drug-likeness (QED) is 0.566. The van der Waals surface area contributed by atoms with Gasteiger partial charge in [0.1, 0.15) is 17.7 Å². The van der Waals surface area contributed by atoms with Gasteiger partial charge < -0.3 is 14.8 Å². The zero-order chi connectivity index (χ0) is 19.4. The molecule has 0 aliphatic carbocycles. The maximum absolute atomic E-state index is 14.1. The number of allylic oxidation sites excluding steroid dienone is 1. The molecule has 1 unspecified atom stereocenters. The topological polar surface area (TPSA) is 47.6 Å². The second kappa shape index (κ2) is 8.44. The molecular formula is C21H21ClFNO3. The Hall–Kier alpha value is -2.53. The molecule has 0 saturated carbocycles. The molecule has 1 N–H and O–H groups in total. The standard InChI is InChI=1S/C21H21ClFNO3/c1-13(21-16(22)4-3-5-17(21)23)10-14-6-8-19-18(11-14)24-12-15(27-19)7-9-20(25)26-2/h3-6,8,10-11,15,24H,7,9,12H2,1-2H3. The number of anilines is 1. The van der Waals surface area contributed by atoms with E-state index in [9.17, 15) is 9.18 Å². The largest absolute Gasteiger partial charge is 0.486 e. The first kappa shape index (κ1) is 19.2. The number of rotatable bonds is 5. The highest BCUT2D eigenvalue weighted by Crippen LogP contribution is 2.33. The van der Waals surface area contributed by atoms with Crippen molar-refractivity contribution in [3.63, 3.8) is 0 Å². The minimum Gasteiger partial charge on any atom is -0.486 e. The van der Waals surface area contributed by atoms with Crippen molar-refractivity contribution in [2.75, 3.05) is 19.0 Å². The molecule has 2 aromatic carbocycles. The summed E-state index contributed by atoms with van der Waals surface area (Å²) in [4.78, 5) is 11.3. The lowest BCUT2D eigenvalue weighted by Crippen LogP contribution is -2.31. The van der Waals surface area contributed by atoms with Crippen LogP contribution >= 0.6 is 11.6 Å². The number of benzene rings is 2. The molecule has 6 heteroatoms. The van der Waals surface area contributed by atoms with E-state index in [1.54, 1.807) is 12.1 Å². The van der Waals surface area contributed by atoms with E-state index < -0.39 is 0 Å². The maximum Gasteiger partial charge on any atom is 0.305 e. The van der Waals surface area contributed by atoms with Gasteiger partial charge in [-0.3, -0.25) is 4.79 Å². The van der Waals surface area contributed by atoms with Gasteiger partial charge in [0.25, 0.3) is 0 Å². The number of hydrogen-bond donors (Lipinski definition) is 1. The van der Waals surface area contributed by atoms with Gasteiger partial charge in [-0.2, -0.15) is 0 Å². The predicted octanol–water partition coefficient (Wildman–Crippen LogP) is 5.17. The number of hydrogen-bond acceptors (Lipinski definition) is 4. The molecule has 3 rings (SSSR count). The second-order valence-corrected chi connectivity index (χ2v) is 6.82. The molecule has 1 aliphatic heterocycles. The summed E-state index contributed by atoms with van der Waals surface area (Å²) in [7, 11) is 1.38.